The van der Waals surface area contributed by atoms with Crippen molar-refractivity contribution < 1.29 is 14.6 Å². The number of aliphatic hydroxyl groups excluding tert-OH is 1. The van der Waals surface area contributed by atoms with Crippen molar-refractivity contribution in [2.24, 2.45) is 0 Å². The van der Waals surface area contributed by atoms with Crippen LogP contribution < -0.4 is 0 Å². The number of carbonyl (C=O) groups is 1. The second-order valence-electron chi connectivity index (χ2n) is 12.4. The van der Waals surface area contributed by atoms with Gasteiger partial charge in [0.05, 0.1) is 31.2 Å². The molecule has 2 aliphatic rings. The highest BCUT2D eigenvalue weighted by Gasteiger charge is 2.31. The SMILES string of the molecule is C=Cc1c(C)c2cc3nc(c(C)c4cc(C)c(cc5nc(cc1[nH]2)C(C)=C5CC)[nH]4)[C@@H](CCC(=O)N(C)CCOCCO)[C@@H]3C. The standard InChI is InChI=1S/C37H47N5O3/c1-9-26-23(5)32-20-35-27(10-2)22(4)31(39-35)19-33-24(6)28(11-12-36(44)42(8)13-15-45-16-14-43)37(41-33)25(7)30-17-21(3)29(38-30)18-34(26)40-32/h10,17-20,24,28,38-39,43H,2,9,11-16H2,1,3-8H3/t24-,28-/m0/s1. The molecule has 3 N–H and O–H groups in total. The van der Waals surface area contributed by atoms with Crippen LogP contribution in [0.2, 0.25) is 0 Å². The van der Waals surface area contributed by atoms with Crippen LogP contribution in [0.25, 0.3) is 39.3 Å². The maximum atomic E-state index is 13.1. The van der Waals surface area contributed by atoms with E-state index in [2.05, 4.69) is 82.4 Å². The summed E-state index contributed by atoms with van der Waals surface area (Å²) in [6.07, 6.45) is 3.91. The van der Waals surface area contributed by atoms with Gasteiger partial charge in [0.2, 0.25) is 5.91 Å². The summed E-state index contributed by atoms with van der Waals surface area (Å²) in [5.41, 5.74) is 14.9. The third kappa shape index (κ3) is 6.40. The van der Waals surface area contributed by atoms with Gasteiger partial charge < -0.3 is 24.7 Å². The van der Waals surface area contributed by atoms with E-state index in [1.54, 1.807) is 4.90 Å². The number of hydrogen-bond acceptors (Lipinski definition) is 5. The zero-order chi connectivity index (χ0) is 32.4. The summed E-state index contributed by atoms with van der Waals surface area (Å²) >= 11 is 0. The minimum Gasteiger partial charge on any atom is -0.394 e. The first-order valence-corrected chi connectivity index (χ1v) is 16.0. The topological polar surface area (TPSA) is 107 Å². The van der Waals surface area contributed by atoms with E-state index in [4.69, 9.17) is 19.8 Å². The Morgan fingerprint density at radius 1 is 1.00 bits per heavy atom. The normalized spacial score (nSPS) is 16.4. The first-order chi connectivity index (χ1) is 21.6. The van der Waals surface area contributed by atoms with Crippen LogP contribution in [-0.4, -0.2) is 69.3 Å². The number of aromatic amines is 2. The molecule has 0 saturated carbocycles. The van der Waals surface area contributed by atoms with Crippen molar-refractivity contribution in [3.8, 4) is 0 Å². The molecule has 0 radical (unpaired) electrons. The molecule has 3 aromatic heterocycles. The van der Waals surface area contributed by atoms with E-state index >= 15 is 0 Å². The van der Waals surface area contributed by atoms with Gasteiger partial charge in [-0.25, -0.2) is 4.98 Å². The predicted octanol–water partition coefficient (Wildman–Crippen LogP) is 7.36. The van der Waals surface area contributed by atoms with Gasteiger partial charge in [0.25, 0.3) is 0 Å². The fraction of sp³-hybridized carbons (Fsp3) is 0.432. The molecule has 0 spiro atoms. The number of H-pyrrole nitrogens is 2. The van der Waals surface area contributed by atoms with Crippen molar-refractivity contribution >= 4 is 45.2 Å². The van der Waals surface area contributed by atoms with Gasteiger partial charge >= 0.3 is 0 Å². The number of fused-ring (bicyclic) bond motifs is 8. The summed E-state index contributed by atoms with van der Waals surface area (Å²) < 4.78 is 5.37. The van der Waals surface area contributed by atoms with Crippen LogP contribution >= 0.6 is 0 Å². The minimum atomic E-state index is -0.0217. The smallest absolute Gasteiger partial charge is 0.222 e. The molecule has 238 valence electrons. The summed E-state index contributed by atoms with van der Waals surface area (Å²) in [7, 11) is 1.81. The van der Waals surface area contributed by atoms with Crippen molar-refractivity contribution in [1.29, 1.82) is 0 Å². The van der Waals surface area contributed by atoms with E-state index in [1.165, 1.54) is 11.1 Å². The lowest BCUT2D eigenvalue weighted by Gasteiger charge is -2.20. The maximum Gasteiger partial charge on any atom is 0.222 e. The molecule has 3 aromatic rings. The van der Waals surface area contributed by atoms with E-state index in [0.29, 0.717) is 26.0 Å². The summed E-state index contributed by atoms with van der Waals surface area (Å²) in [5.74, 6) is 0.281. The average Bonchev–Trinajstić information content (AvgIpc) is 3.72. The van der Waals surface area contributed by atoms with Gasteiger partial charge in [-0.15, -0.1) is 0 Å². The number of nitrogens with zero attached hydrogens (tertiary/aromatic N) is 3. The van der Waals surface area contributed by atoms with Crippen molar-refractivity contribution in [3.05, 3.63) is 75.9 Å². The van der Waals surface area contributed by atoms with Gasteiger partial charge in [0.15, 0.2) is 0 Å². The Morgan fingerprint density at radius 3 is 2.42 bits per heavy atom. The first-order valence-electron chi connectivity index (χ1n) is 16.0. The minimum absolute atomic E-state index is 0.0217. The van der Waals surface area contributed by atoms with E-state index < -0.39 is 0 Å². The number of likely N-dealkylation sites (N-methyl/N-ethyl adjacent to an activating group) is 1. The molecule has 0 aliphatic carbocycles. The third-order valence-electron chi connectivity index (χ3n) is 9.58. The van der Waals surface area contributed by atoms with Gasteiger partial charge in [-0.1, -0.05) is 26.5 Å². The molecule has 1 amide bonds. The van der Waals surface area contributed by atoms with E-state index in [-0.39, 0.29) is 31.0 Å². The predicted molar refractivity (Wildman–Crippen MR) is 184 cm³/mol. The number of carbonyl (C=O) groups excluding carboxylic acids is 1. The largest absolute Gasteiger partial charge is 0.394 e. The third-order valence-corrected chi connectivity index (χ3v) is 9.58. The Bertz CT molecular complexity index is 1810. The van der Waals surface area contributed by atoms with Crippen LogP contribution in [0.1, 0.15) is 96.9 Å². The molecular formula is C37H47N5O3. The number of allylic oxidation sites excluding steroid dienone is 2. The number of hydrogen-bond donors (Lipinski definition) is 3. The summed E-state index contributed by atoms with van der Waals surface area (Å²) in [4.78, 5) is 32.5. The lowest BCUT2D eigenvalue weighted by Crippen LogP contribution is -2.30. The summed E-state index contributed by atoms with van der Waals surface area (Å²) in [6.45, 7) is 18.2. The number of ether oxygens (including phenoxy) is 1. The zero-order valence-electron chi connectivity index (χ0n) is 27.8. The maximum absolute atomic E-state index is 13.1. The van der Waals surface area contributed by atoms with Crippen molar-refractivity contribution in [3.63, 3.8) is 0 Å². The molecule has 0 fully saturated rings. The molecule has 45 heavy (non-hydrogen) atoms. The van der Waals surface area contributed by atoms with Crippen molar-refractivity contribution in [2.75, 3.05) is 33.4 Å². The van der Waals surface area contributed by atoms with Crippen molar-refractivity contribution in [1.82, 2.24) is 24.8 Å². The van der Waals surface area contributed by atoms with Crippen LogP contribution in [0.3, 0.4) is 0 Å². The van der Waals surface area contributed by atoms with Crippen LogP contribution in [0.15, 0.2) is 30.8 Å². The van der Waals surface area contributed by atoms with Gasteiger partial charge in [-0.2, -0.15) is 0 Å². The molecule has 8 heteroatoms. The zero-order valence-corrected chi connectivity index (χ0v) is 27.8. The van der Waals surface area contributed by atoms with Crippen LogP contribution in [-0.2, 0) is 9.53 Å². The highest BCUT2D eigenvalue weighted by atomic mass is 16.5. The molecule has 0 aromatic carbocycles. The Hall–Kier alpha value is -4.01. The average molecular weight is 610 g/mol. The van der Waals surface area contributed by atoms with Crippen molar-refractivity contribution in [2.45, 2.75) is 72.6 Å². The fourth-order valence-electron chi connectivity index (χ4n) is 6.64. The van der Waals surface area contributed by atoms with Gasteiger partial charge in [0, 0.05) is 70.9 Å². The molecule has 8 bridgehead atoms. The molecule has 2 aliphatic heterocycles. The highest BCUT2D eigenvalue weighted by Crippen LogP contribution is 2.42. The van der Waals surface area contributed by atoms with Crippen LogP contribution in [0.4, 0.5) is 0 Å². The highest BCUT2D eigenvalue weighted by molar-refractivity contribution is 5.93. The number of aliphatic hydroxyl groups is 1. The van der Waals surface area contributed by atoms with Crippen LogP contribution in [0.5, 0.6) is 0 Å². The molecule has 8 nitrogen and oxygen atoms in total. The molecule has 0 unspecified atom stereocenters. The fourth-order valence-corrected chi connectivity index (χ4v) is 6.64. The molecule has 2 atom stereocenters. The number of amides is 1. The molecule has 0 saturated heterocycles. The lowest BCUT2D eigenvalue weighted by molar-refractivity contribution is -0.130. The summed E-state index contributed by atoms with van der Waals surface area (Å²) in [6, 6.07) is 8.68. The van der Waals surface area contributed by atoms with E-state index in [0.717, 1.165) is 73.5 Å². The Balaban J connectivity index is 1.67. The Kier molecular flexibility index (Phi) is 9.75. The first kappa shape index (κ1) is 32.4. The second-order valence-corrected chi connectivity index (χ2v) is 12.4. The Labute approximate surface area is 266 Å². The monoisotopic (exact) mass is 609 g/mol. The number of aryl methyl sites for hydroxylation is 3. The summed E-state index contributed by atoms with van der Waals surface area (Å²) in [5, 5.41) is 8.95. The molecular weight excluding hydrogens is 562 g/mol. The number of nitrogens with one attached hydrogen (secondary N) is 2. The lowest BCUT2D eigenvalue weighted by atomic mass is 9.86. The van der Waals surface area contributed by atoms with Crippen LogP contribution in [0, 0.1) is 20.8 Å². The van der Waals surface area contributed by atoms with Gasteiger partial charge in [-0.3, -0.25) is 9.78 Å². The Morgan fingerprint density at radius 2 is 1.71 bits per heavy atom. The van der Waals surface area contributed by atoms with E-state index in [1.807, 2.05) is 13.1 Å². The second kappa shape index (κ2) is 13.5. The van der Waals surface area contributed by atoms with Gasteiger partial charge in [-0.05, 0) is 92.6 Å². The molecule has 5 rings (SSSR count). The van der Waals surface area contributed by atoms with E-state index in [9.17, 15) is 4.79 Å². The van der Waals surface area contributed by atoms with Gasteiger partial charge in [0.1, 0.15) is 0 Å². The molecule has 5 heterocycles. The quantitative estimate of drug-likeness (QED) is 0.208. The number of rotatable bonds is 10. The number of aromatic nitrogens is 4.